The predicted octanol–water partition coefficient (Wildman–Crippen LogP) is 2.01. The van der Waals surface area contributed by atoms with Crippen molar-refractivity contribution in [1.82, 2.24) is 10.2 Å². The summed E-state index contributed by atoms with van der Waals surface area (Å²) in [6, 6.07) is 0.213. The lowest BCUT2D eigenvalue weighted by Crippen LogP contribution is -2.51. The Balaban J connectivity index is 2.34. The van der Waals surface area contributed by atoms with Crippen molar-refractivity contribution in [2.24, 2.45) is 0 Å². The number of likely N-dealkylation sites (tertiary alicyclic amines) is 1. The Kier molecular flexibility index (Phi) is 4.45. The summed E-state index contributed by atoms with van der Waals surface area (Å²) in [6.07, 6.45) is 2.68. The molecule has 0 aromatic rings. The molecular weight excluding hydrogens is 229 g/mol. The second kappa shape index (κ2) is 5.28. The number of halogens is 3. The van der Waals surface area contributed by atoms with Gasteiger partial charge in [-0.25, -0.2) is 0 Å². The van der Waals surface area contributed by atoms with Crippen LogP contribution in [0.2, 0.25) is 0 Å². The lowest BCUT2D eigenvalue weighted by molar-refractivity contribution is -0.148. The minimum absolute atomic E-state index is 0.213. The van der Waals surface area contributed by atoms with Crippen molar-refractivity contribution in [1.29, 1.82) is 0 Å². The van der Waals surface area contributed by atoms with Gasteiger partial charge in [0, 0.05) is 6.04 Å². The van der Waals surface area contributed by atoms with E-state index in [2.05, 4.69) is 11.2 Å². The van der Waals surface area contributed by atoms with Crippen LogP contribution >= 0.6 is 0 Å². The molecule has 0 spiro atoms. The van der Waals surface area contributed by atoms with Crippen LogP contribution in [0.5, 0.6) is 0 Å². The van der Waals surface area contributed by atoms with Crippen LogP contribution < -0.4 is 5.32 Å². The van der Waals surface area contributed by atoms with E-state index in [9.17, 15) is 13.2 Å². The first-order valence-electron chi connectivity index (χ1n) is 5.76. The highest BCUT2D eigenvalue weighted by atomic mass is 19.4. The molecular formula is C12H19F3N2. The molecule has 1 saturated heterocycles. The molecule has 17 heavy (non-hydrogen) atoms. The third-order valence-corrected chi connectivity index (χ3v) is 2.92. The Morgan fingerprint density at radius 2 is 1.82 bits per heavy atom. The zero-order chi connectivity index (χ0) is 13.1. The van der Waals surface area contributed by atoms with Crippen molar-refractivity contribution in [3.63, 3.8) is 0 Å². The van der Waals surface area contributed by atoms with Gasteiger partial charge >= 0.3 is 6.18 Å². The van der Waals surface area contributed by atoms with Gasteiger partial charge in [-0.1, -0.05) is 5.92 Å². The molecule has 0 aliphatic carbocycles. The van der Waals surface area contributed by atoms with Crippen LogP contribution in [0.3, 0.4) is 0 Å². The predicted molar refractivity (Wildman–Crippen MR) is 61.6 cm³/mol. The van der Waals surface area contributed by atoms with Gasteiger partial charge in [0.2, 0.25) is 0 Å². The summed E-state index contributed by atoms with van der Waals surface area (Å²) in [4.78, 5) is 1.45. The number of rotatable bonds is 3. The number of alkyl halides is 3. The number of piperidine rings is 1. The molecule has 0 aromatic carbocycles. The van der Waals surface area contributed by atoms with E-state index in [1.807, 2.05) is 13.8 Å². The molecule has 1 aliphatic heterocycles. The quantitative estimate of drug-likeness (QED) is 0.769. The molecule has 5 heteroatoms. The minimum Gasteiger partial charge on any atom is -0.299 e. The molecule has 0 bridgehead atoms. The molecule has 0 unspecified atom stereocenters. The Hall–Kier alpha value is -0.730. The highest BCUT2D eigenvalue weighted by Crippen LogP contribution is 2.20. The SMILES string of the molecule is C#CC(C)(C)NC1CCN(CC(F)(F)F)CC1. The van der Waals surface area contributed by atoms with Crippen LogP contribution in [0.4, 0.5) is 13.2 Å². The minimum atomic E-state index is -4.10. The number of hydrogen-bond donors (Lipinski definition) is 1. The van der Waals surface area contributed by atoms with Gasteiger partial charge in [0.1, 0.15) is 0 Å². The van der Waals surface area contributed by atoms with E-state index in [0.717, 1.165) is 0 Å². The van der Waals surface area contributed by atoms with Gasteiger partial charge < -0.3 is 0 Å². The average Bonchev–Trinajstić information content (AvgIpc) is 2.19. The molecule has 1 fully saturated rings. The average molecular weight is 248 g/mol. The smallest absolute Gasteiger partial charge is 0.299 e. The zero-order valence-electron chi connectivity index (χ0n) is 10.3. The maximum Gasteiger partial charge on any atom is 0.401 e. The maximum atomic E-state index is 12.2. The molecule has 0 atom stereocenters. The Bertz CT molecular complexity index is 283. The van der Waals surface area contributed by atoms with E-state index >= 15 is 0 Å². The number of nitrogens with one attached hydrogen (secondary N) is 1. The molecule has 1 N–H and O–H groups in total. The number of terminal acetylenes is 1. The third kappa shape index (κ3) is 5.42. The Morgan fingerprint density at radius 3 is 2.24 bits per heavy atom. The summed E-state index contributed by atoms with van der Waals surface area (Å²) in [6.45, 7) is 3.93. The summed E-state index contributed by atoms with van der Waals surface area (Å²) in [7, 11) is 0. The van der Waals surface area contributed by atoms with Crippen molar-refractivity contribution in [3.8, 4) is 12.3 Å². The summed E-state index contributed by atoms with van der Waals surface area (Å²) in [5, 5.41) is 3.28. The van der Waals surface area contributed by atoms with E-state index in [4.69, 9.17) is 6.42 Å². The highest BCUT2D eigenvalue weighted by Gasteiger charge is 2.33. The Labute approximate surface area is 101 Å². The standard InChI is InChI=1S/C12H19F3N2/c1-4-11(2,3)16-10-5-7-17(8-6-10)9-12(13,14)15/h1,10,16H,5-9H2,2-3H3. The largest absolute Gasteiger partial charge is 0.401 e. The van der Waals surface area contributed by atoms with Crippen LogP contribution in [0.15, 0.2) is 0 Å². The van der Waals surface area contributed by atoms with Gasteiger partial charge in [-0.15, -0.1) is 6.42 Å². The van der Waals surface area contributed by atoms with Gasteiger partial charge in [0.05, 0.1) is 12.1 Å². The molecule has 1 aliphatic rings. The van der Waals surface area contributed by atoms with Gasteiger partial charge in [-0.3, -0.25) is 10.2 Å². The first kappa shape index (κ1) is 14.3. The van der Waals surface area contributed by atoms with E-state index in [1.165, 1.54) is 4.90 Å². The van der Waals surface area contributed by atoms with Gasteiger partial charge in [0.25, 0.3) is 0 Å². The van der Waals surface area contributed by atoms with Gasteiger partial charge in [0.15, 0.2) is 0 Å². The van der Waals surface area contributed by atoms with Crippen molar-refractivity contribution in [3.05, 3.63) is 0 Å². The Morgan fingerprint density at radius 1 is 1.29 bits per heavy atom. The van der Waals surface area contributed by atoms with E-state index < -0.39 is 18.3 Å². The summed E-state index contributed by atoms with van der Waals surface area (Å²) < 4.78 is 36.5. The molecule has 98 valence electrons. The molecule has 0 saturated carbocycles. The topological polar surface area (TPSA) is 15.3 Å². The fraction of sp³-hybridized carbons (Fsp3) is 0.833. The molecule has 0 amide bonds. The highest BCUT2D eigenvalue weighted by molar-refractivity contribution is 5.08. The van der Waals surface area contributed by atoms with Crippen LogP contribution in [0.25, 0.3) is 0 Å². The molecule has 0 aromatic heterocycles. The molecule has 1 rings (SSSR count). The van der Waals surface area contributed by atoms with Crippen LogP contribution in [0.1, 0.15) is 26.7 Å². The van der Waals surface area contributed by atoms with Crippen molar-refractivity contribution in [2.45, 2.75) is 44.4 Å². The summed E-state index contributed by atoms with van der Waals surface area (Å²) in [5.41, 5.74) is -0.392. The van der Waals surface area contributed by atoms with Gasteiger partial charge in [-0.2, -0.15) is 13.2 Å². The van der Waals surface area contributed by atoms with E-state index in [0.29, 0.717) is 25.9 Å². The van der Waals surface area contributed by atoms with E-state index in [1.54, 1.807) is 0 Å². The lowest BCUT2D eigenvalue weighted by Gasteiger charge is -2.35. The van der Waals surface area contributed by atoms with Gasteiger partial charge in [-0.05, 0) is 39.8 Å². The number of hydrogen-bond acceptors (Lipinski definition) is 2. The fourth-order valence-corrected chi connectivity index (χ4v) is 2.04. The van der Waals surface area contributed by atoms with Crippen molar-refractivity contribution < 1.29 is 13.2 Å². The zero-order valence-corrected chi connectivity index (χ0v) is 10.3. The molecule has 1 heterocycles. The first-order valence-corrected chi connectivity index (χ1v) is 5.76. The van der Waals surface area contributed by atoms with Crippen LogP contribution in [0, 0.1) is 12.3 Å². The molecule has 0 radical (unpaired) electrons. The monoisotopic (exact) mass is 248 g/mol. The third-order valence-electron chi connectivity index (χ3n) is 2.92. The normalized spacial score (nSPS) is 20.2. The second-order valence-corrected chi connectivity index (χ2v) is 5.08. The fourth-order valence-electron chi connectivity index (χ4n) is 2.04. The molecule has 2 nitrogen and oxygen atoms in total. The van der Waals surface area contributed by atoms with Crippen LogP contribution in [-0.2, 0) is 0 Å². The van der Waals surface area contributed by atoms with Crippen LogP contribution in [-0.4, -0.2) is 42.3 Å². The maximum absolute atomic E-state index is 12.2. The second-order valence-electron chi connectivity index (χ2n) is 5.08. The first-order chi connectivity index (χ1) is 7.72. The summed E-state index contributed by atoms with van der Waals surface area (Å²) in [5.74, 6) is 2.63. The van der Waals surface area contributed by atoms with E-state index in [-0.39, 0.29) is 6.04 Å². The number of nitrogens with zero attached hydrogens (tertiary/aromatic N) is 1. The summed E-state index contributed by atoms with van der Waals surface area (Å²) >= 11 is 0. The van der Waals surface area contributed by atoms with Crippen molar-refractivity contribution >= 4 is 0 Å². The lowest BCUT2D eigenvalue weighted by atomic mass is 9.99. The van der Waals surface area contributed by atoms with Crippen molar-refractivity contribution in [2.75, 3.05) is 19.6 Å².